The predicted molar refractivity (Wildman–Crippen MR) is 94.0 cm³/mol. The molecule has 1 aromatic heterocycles. The van der Waals surface area contributed by atoms with Crippen LogP contribution in [-0.2, 0) is 6.42 Å². The summed E-state index contributed by atoms with van der Waals surface area (Å²) in [4.78, 5) is 4.61. The van der Waals surface area contributed by atoms with Crippen LogP contribution in [0.25, 0.3) is 0 Å². The number of pyridine rings is 1. The Kier molecular flexibility index (Phi) is 5.04. The lowest BCUT2D eigenvalue weighted by Gasteiger charge is -2.22. The Labute approximate surface area is 136 Å². The van der Waals surface area contributed by atoms with Crippen LogP contribution in [0.2, 0.25) is 0 Å². The van der Waals surface area contributed by atoms with Crippen molar-refractivity contribution in [2.45, 2.75) is 47.1 Å². The number of aryl methyl sites for hydroxylation is 4. The Morgan fingerprint density at radius 2 is 1.90 bits per heavy atom. The first kappa shape index (κ1) is 16.0. The van der Waals surface area contributed by atoms with Gasteiger partial charge in [-0.25, -0.2) is 0 Å². The van der Waals surface area contributed by atoms with Gasteiger partial charge in [0.15, 0.2) is 0 Å². The molecule has 0 bridgehead atoms. The van der Waals surface area contributed by atoms with Gasteiger partial charge in [-0.3, -0.25) is 4.98 Å². The summed E-state index contributed by atoms with van der Waals surface area (Å²) >= 11 is 3.54. The van der Waals surface area contributed by atoms with E-state index in [2.05, 4.69) is 78.2 Å². The quantitative estimate of drug-likeness (QED) is 0.789. The Morgan fingerprint density at radius 1 is 1.19 bits per heavy atom. The van der Waals surface area contributed by atoms with Crippen LogP contribution in [-0.4, -0.2) is 4.98 Å². The minimum Gasteiger partial charge on any atom is -0.378 e. The third kappa shape index (κ3) is 3.65. The molecule has 0 aliphatic rings. The number of aromatic nitrogens is 1. The van der Waals surface area contributed by atoms with Gasteiger partial charge >= 0.3 is 0 Å². The number of hydrogen-bond donors (Lipinski definition) is 1. The van der Waals surface area contributed by atoms with Gasteiger partial charge in [-0.15, -0.1) is 0 Å². The third-order valence-electron chi connectivity index (χ3n) is 3.84. The van der Waals surface area contributed by atoms with Crippen molar-refractivity contribution >= 4 is 21.6 Å². The fourth-order valence-electron chi connectivity index (χ4n) is 2.99. The molecule has 2 nitrogen and oxygen atoms in total. The van der Waals surface area contributed by atoms with Crippen LogP contribution < -0.4 is 5.32 Å². The summed E-state index contributed by atoms with van der Waals surface area (Å²) in [5.41, 5.74) is 7.32. The maximum absolute atomic E-state index is 4.61. The molecule has 1 aromatic carbocycles. The van der Waals surface area contributed by atoms with Crippen LogP contribution in [0.5, 0.6) is 0 Å². The minimum absolute atomic E-state index is 0.240. The molecule has 1 N–H and O–H groups in total. The monoisotopic (exact) mass is 346 g/mol. The zero-order valence-corrected chi connectivity index (χ0v) is 15.0. The third-order valence-corrected chi connectivity index (χ3v) is 4.33. The van der Waals surface area contributed by atoms with Gasteiger partial charge in [-0.05, 0) is 75.1 Å². The average Bonchev–Trinajstić information content (AvgIpc) is 2.39. The van der Waals surface area contributed by atoms with E-state index < -0.39 is 0 Å². The van der Waals surface area contributed by atoms with Crippen molar-refractivity contribution < 1.29 is 0 Å². The van der Waals surface area contributed by atoms with Crippen molar-refractivity contribution in [3.8, 4) is 0 Å². The van der Waals surface area contributed by atoms with Gasteiger partial charge in [0.1, 0.15) is 0 Å². The summed E-state index contributed by atoms with van der Waals surface area (Å²) in [6, 6.07) is 8.81. The second-order valence-electron chi connectivity index (χ2n) is 5.60. The Morgan fingerprint density at radius 3 is 2.52 bits per heavy atom. The molecule has 1 unspecified atom stereocenters. The van der Waals surface area contributed by atoms with Gasteiger partial charge in [-0.2, -0.15) is 0 Å². The topological polar surface area (TPSA) is 24.9 Å². The second kappa shape index (κ2) is 6.61. The number of benzene rings is 1. The van der Waals surface area contributed by atoms with Crippen molar-refractivity contribution in [2.75, 3.05) is 5.32 Å². The van der Waals surface area contributed by atoms with Gasteiger partial charge < -0.3 is 5.32 Å². The number of rotatable bonds is 4. The van der Waals surface area contributed by atoms with Crippen molar-refractivity contribution in [1.29, 1.82) is 0 Å². The molecule has 3 heteroatoms. The molecule has 0 aliphatic heterocycles. The van der Waals surface area contributed by atoms with Crippen molar-refractivity contribution in [1.82, 2.24) is 4.98 Å². The van der Waals surface area contributed by atoms with E-state index in [1.54, 1.807) is 0 Å². The zero-order chi connectivity index (χ0) is 15.6. The lowest BCUT2D eigenvalue weighted by Crippen LogP contribution is -2.12. The number of halogens is 1. The predicted octanol–water partition coefficient (Wildman–Crippen LogP) is 5.50. The first-order valence-electron chi connectivity index (χ1n) is 7.42. The van der Waals surface area contributed by atoms with E-state index in [9.17, 15) is 0 Å². The largest absolute Gasteiger partial charge is 0.378 e. The van der Waals surface area contributed by atoms with Gasteiger partial charge in [0.2, 0.25) is 0 Å². The summed E-state index contributed by atoms with van der Waals surface area (Å²) in [7, 11) is 0. The van der Waals surface area contributed by atoms with Gasteiger partial charge in [0.25, 0.3) is 0 Å². The molecule has 2 rings (SSSR count). The highest BCUT2D eigenvalue weighted by molar-refractivity contribution is 9.10. The average molecular weight is 347 g/mol. The summed E-state index contributed by atoms with van der Waals surface area (Å²) in [5.74, 6) is 0. The van der Waals surface area contributed by atoms with Crippen LogP contribution >= 0.6 is 15.9 Å². The molecule has 0 saturated carbocycles. The number of nitrogens with one attached hydrogen (secondary N) is 1. The molecule has 1 atom stereocenters. The highest BCUT2D eigenvalue weighted by atomic mass is 79.9. The van der Waals surface area contributed by atoms with Crippen molar-refractivity contribution in [3.05, 3.63) is 56.8 Å². The minimum atomic E-state index is 0.240. The van der Waals surface area contributed by atoms with Crippen molar-refractivity contribution in [3.63, 3.8) is 0 Å². The van der Waals surface area contributed by atoms with Crippen LogP contribution in [0.15, 0.2) is 28.7 Å². The van der Waals surface area contributed by atoms with Crippen LogP contribution in [0.1, 0.15) is 48.0 Å². The standard InChI is InChI=1S/C18H23BrN2/c1-6-15-10-16(19)7-8-17(15)21-14(5)18-11(2)9-12(3)20-13(18)4/h7-10,14,21H,6H2,1-5H3. The zero-order valence-electron chi connectivity index (χ0n) is 13.4. The summed E-state index contributed by atoms with van der Waals surface area (Å²) in [6.07, 6.45) is 1.01. The van der Waals surface area contributed by atoms with E-state index in [0.717, 1.165) is 22.3 Å². The Bertz CT molecular complexity index is 627. The molecule has 21 heavy (non-hydrogen) atoms. The molecule has 112 valence electrons. The molecule has 0 radical (unpaired) electrons. The molecule has 0 fully saturated rings. The lowest BCUT2D eigenvalue weighted by atomic mass is 9.99. The molecular weight excluding hydrogens is 324 g/mol. The van der Waals surface area contributed by atoms with Crippen LogP contribution in [0.3, 0.4) is 0 Å². The highest BCUT2D eigenvalue weighted by Gasteiger charge is 2.14. The van der Waals surface area contributed by atoms with Crippen molar-refractivity contribution in [2.24, 2.45) is 0 Å². The summed E-state index contributed by atoms with van der Waals surface area (Å²) in [5, 5.41) is 3.65. The van der Waals surface area contributed by atoms with E-state index in [1.807, 2.05) is 6.92 Å². The normalized spacial score (nSPS) is 12.3. The highest BCUT2D eigenvalue weighted by Crippen LogP contribution is 2.28. The van der Waals surface area contributed by atoms with E-state index in [4.69, 9.17) is 0 Å². The lowest BCUT2D eigenvalue weighted by molar-refractivity contribution is 0.839. The molecule has 0 aliphatic carbocycles. The van der Waals surface area contributed by atoms with Gasteiger partial charge in [-0.1, -0.05) is 22.9 Å². The number of nitrogens with zero attached hydrogens (tertiary/aromatic N) is 1. The maximum Gasteiger partial charge on any atom is 0.0506 e. The first-order chi connectivity index (χ1) is 9.92. The fraction of sp³-hybridized carbons (Fsp3) is 0.389. The van der Waals surface area contributed by atoms with E-state index in [1.165, 1.54) is 22.4 Å². The number of hydrogen-bond acceptors (Lipinski definition) is 2. The SMILES string of the molecule is CCc1cc(Br)ccc1NC(C)c1c(C)cc(C)nc1C. The summed E-state index contributed by atoms with van der Waals surface area (Å²) in [6.45, 7) is 10.7. The molecule has 1 heterocycles. The maximum atomic E-state index is 4.61. The van der Waals surface area contributed by atoms with Crippen LogP contribution in [0, 0.1) is 20.8 Å². The smallest absolute Gasteiger partial charge is 0.0506 e. The Hall–Kier alpha value is -1.35. The van der Waals surface area contributed by atoms with E-state index in [-0.39, 0.29) is 6.04 Å². The first-order valence-corrected chi connectivity index (χ1v) is 8.21. The van der Waals surface area contributed by atoms with Crippen LogP contribution in [0.4, 0.5) is 5.69 Å². The van der Waals surface area contributed by atoms with Gasteiger partial charge in [0.05, 0.1) is 6.04 Å². The molecule has 0 amide bonds. The molecule has 0 spiro atoms. The Balaban J connectivity index is 2.32. The number of anilines is 1. The van der Waals surface area contributed by atoms with Gasteiger partial charge in [0, 0.05) is 21.5 Å². The van der Waals surface area contributed by atoms with E-state index >= 15 is 0 Å². The van der Waals surface area contributed by atoms with E-state index in [0.29, 0.717) is 0 Å². The fourth-order valence-corrected chi connectivity index (χ4v) is 3.40. The second-order valence-corrected chi connectivity index (χ2v) is 6.52. The summed E-state index contributed by atoms with van der Waals surface area (Å²) < 4.78 is 1.13. The molecule has 0 saturated heterocycles. The molecule has 2 aromatic rings. The molecular formula is C18H23BrN2.